The molecule has 1 aromatic heterocycles. The van der Waals surface area contributed by atoms with Gasteiger partial charge in [-0.25, -0.2) is 4.79 Å². The quantitative estimate of drug-likeness (QED) is 0.728. The summed E-state index contributed by atoms with van der Waals surface area (Å²) in [6.07, 6.45) is 0. The molecule has 4 rings (SSSR count). The van der Waals surface area contributed by atoms with Crippen LogP contribution in [-0.4, -0.2) is 16.3 Å². The molecule has 0 N–H and O–H groups in total. The molecule has 23 heavy (non-hydrogen) atoms. The lowest BCUT2D eigenvalue weighted by Crippen LogP contribution is -2.25. The van der Waals surface area contributed by atoms with Crippen LogP contribution in [0.5, 0.6) is 11.5 Å². The van der Waals surface area contributed by atoms with Gasteiger partial charge in [0.1, 0.15) is 0 Å². The number of fused-ring (bicyclic) bond motifs is 2. The van der Waals surface area contributed by atoms with Crippen molar-refractivity contribution >= 4 is 10.9 Å². The van der Waals surface area contributed by atoms with Gasteiger partial charge in [-0.15, -0.1) is 0 Å². The van der Waals surface area contributed by atoms with E-state index in [-0.39, 0.29) is 18.5 Å². The lowest BCUT2D eigenvalue weighted by molar-refractivity contribution is 0.174. The number of rotatable bonds is 2. The average molecular weight is 308 g/mol. The van der Waals surface area contributed by atoms with Crippen molar-refractivity contribution in [3.8, 4) is 22.8 Å². The first-order valence-corrected chi connectivity index (χ1v) is 7.56. The van der Waals surface area contributed by atoms with Gasteiger partial charge in [0.15, 0.2) is 11.5 Å². The minimum atomic E-state index is -0.259. The van der Waals surface area contributed by atoms with E-state index in [1.165, 1.54) is 0 Å². The number of ether oxygens (including phenoxy) is 2. The van der Waals surface area contributed by atoms with Crippen molar-refractivity contribution in [2.75, 3.05) is 6.79 Å². The van der Waals surface area contributed by atoms with E-state index < -0.39 is 0 Å². The molecular weight excluding hydrogens is 292 g/mol. The summed E-state index contributed by atoms with van der Waals surface area (Å²) in [6, 6.07) is 13.5. The van der Waals surface area contributed by atoms with Crippen LogP contribution in [0.3, 0.4) is 0 Å². The monoisotopic (exact) mass is 308 g/mol. The molecule has 116 valence electrons. The number of hydrogen-bond acceptors (Lipinski definition) is 4. The number of nitrogens with zero attached hydrogens (tertiary/aromatic N) is 2. The zero-order chi connectivity index (χ0) is 16.0. The molecule has 2 heterocycles. The summed E-state index contributed by atoms with van der Waals surface area (Å²) in [5, 5.41) is 0.883. The van der Waals surface area contributed by atoms with E-state index in [0.717, 1.165) is 16.5 Å². The molecule has 0 amide bonds. The molecule has 0 saturated carbocycles. The van der Waals surface area contributed by atoms with Crippen molar-refractivity contribution < 1.29 is 9.47 Å². The van der Waals surface area contributed by atoms with E-state index in [2.05, 4.69) is 4.98 Å². The maximum Gasteiger partial charge on any atom is 0.348 e. The molecule has 0 unspecified atom stereocenters. The normalized spacial score (nSPS) is 13.0. The molecule has 0 aliphatic carbocycles. The second-order valence-electron chi connectivity index (χ2n) is 5.80. The molecule has 0 bridgehead atoms. The Morgan fingerprint density at radius 3 is 2.48 bits per heavy atom. The van der Waals surface area contributed by atoms with Crippen LogP contribution in [0.4, 0.5) is 0 Å². The van der Waals surface area contributed by atoms with Gasteiger partial charge in [-0.3, -0.25) is 4.57 Å². The fraction of sp³-hybridized carbons (Fsp3) is 0.222. The van der Waals surface area contributed by atoms with Crippen LogP contribution in [0, 0.1) is 0 Å². The fourth-order valence-corrected chi connectivity index (χ4v) is 2.95. The highest BCUT2D eigenvalue weighted by molar-refractivity contribution is 5.94. The van der Waals surface area contributed by atoms with Gasteiger partial charge >= 0.3 is 5.69 Å². The van der Waals surface area contributed by atoms with E-state index in [1.54, 1.807) is 4.57 Å². The van der Waals surface area contributed by atoms with E-state index >= 15 is 0 Å². The Labute approximate surface area is 133 Å². The summed E-state index contributed by atoms with van der Waals surface area (Å²) < 4.78 is 12.6. The molecular formula is C18H16N2O3. The Balaban J connectivity index is 2.12. The predicted molar refractivity (Wildman–Crippen MR) is 87.9 cm³/mol. The minimum absolute atomic E-state index is 0.00250. The second-order valence-corrected chi connectivity index (χ2v) is 5.80. The molecule has 0 spiro atoms. The number of benzene rings is 2. The van der Waals surface area contributed by atoms with E-state index in [1.807, 2.05) is 56.3 Å². The Bertz CT molecular complexity index is 946. The SMILES string of the molecule is CC(C)n1c(=O)nc(-c2ccccc2)c2cc3c(cc21)OCO3. The minimum Gasteiger partial charge on any atom is -0.454 e. The summed E-state index contributed by atoms with van der Waals surface area (Å²) in [5.74, 6) is 1.35. The molecule has 5 nitrogen and oxygen atoms in total. The van der Waals surface area contributed by atoms with Gasteiger partial charge in [-0.2, -0.15) is 4.98 Å². The summed E-state index contributed by atoms with van der Waals surface area (Å²) in [6.45, 7) is 4.14. The van der Waals surface area contributed by atoms with Gasteiger partial charge in [-0.05, 0) is 19.9 Å². The van der Waals surface area contributed by atoms with Crippen LogP contribution in [0.15, 0.2) is 47.3 Å². The molecule has 2 aromatic carbocycles. The third kappa shape index (κ3) is 2.16. The Morgan fingerprint density at radius 1 is 1.09 bits per heavy atom. The van der Waals surface area contributed by atoms with Crippen molar-refractivity contribution in [2.24, 2.45) is 0 Å². The van der Waals surface area contributed by atoms with Crippen LogP contribution >= 0.6 is 0 Å². The third-order valence-corrected chi connectivity index (χ3v) is 3.98. The van der Waals surface area contributed by atoms with Gasteiger partial charge in [0.25, 0.3) is 0 Å². The first-order valence-electron chi connectivity index (χ1n) is 7.56. The maximum atomic E-state index is 12.5. The van der Waals surface area contributed by atoms with Crippen LogP contribution in [-0.2, 0) is 0 Å². The predicted octanol–water partition coefficient (Wildman–Crippen LogP) is 3.37. The molecule has 5 heteroatoms. The molecule has 3 aromatic rings. The standard InChI is InChI=1S/C18H16N2O3/c1-11(2)20-14-9-16-15(22-10-23-16)8-13(14)17(19-18(20)21)12-6-4-3-5-7-12/h3-9,11H,10H2,1-2H3. The van der Waals surface area contributed by atoms with Gasteiger partial charge in [0.2, 0.25) is 6.79 Å². The van der Waals surface area contributed by atoms with Crippen LogP contribution in [0.25, 0.3) is 22.2 Å². The summed E-state index contributed by atoms with van der Waals surface area (Å²) in [5.41, 5.74) is 2.12. The van der Waals surface area contributed by atoms with Gasteiger partial charge < -0.3 is 9.47 Å². The van der Waals surface area contributed by atoms with Crippen molar-refractivity contribution in [2.45, 2.75) is 19.9 Å². The largest absolute Gasteiger partial charge is 0.454 e. The van der Waals surface area contributed by atoms with Crippen LogP contribution < -0.4 is 15.2 Å². The highest BCUT2D eigenvalue weighted by Gasteiger charge is 2.20. The number of hydrogen-bond donors (Lipinski definition) is 0. The first-order chi connectivity index (χ1) is 11.1. The van der Waals surface area contributed by atoms with E-state index in [4.69, 9.17) is 9.47 Å². The molecule has 1 aliphatic heterocycles. The first kappa shape index (κ1) is 13.8. The summed E-state index contributed by atoms with van der Waals surface area (Å²) in [7, 11) is 0. The smallest absolute Gasteiger partial charge is 0.348 e. The third-order valence-electron chi connectivity index (χ3n) is 3.98. The van der Waals surface area contributed by atoms with Crippen molar-refractivity contribution in [3.63, 3.8) is 0 Å². The average Bonchev–Trinajstić information content (AvgIpc) is 3.00. The van der Waals surface area contributed by atoms with Crippen LogP contribution in [0.1, 0.15) is 19.9 Å². The zero-order valence-electron chi connectivity index (χ0n) is 12.9. The van der Waals surface area contributed by atoms with Crippen molar-refractivity contribution in [1.82, 2.24) is 9.55 Å². The van der Waals surface area contributed by atoms with Gasteiger partial charge in [0, 0.05) is 23.1 Å². The fourth-order valence-electron chi connectivity index (χ4n) is 2.95. The lowest BCUT2D eigenvalue weighted by Gasteiger charge is -2.16. The molecule has 0 fully saturated rings. The topological polar surface area (TPSA) is 53.4 Å². The zero-order valence-corrected chi connectivity index (χ0v) is 12.9. The Morgan fingerprint density at radius 2 is 1.78 bits per heavy atom. The Hall–Kier alpha value is -2.82. The van der Waals surface area contributed by atoms with Crippen LogP contribution in [0.2, 0.25) is 0 Å². The molecule has 0 saturated heterocycles. The Kier molecular flexibility index (Phi) is 3.08. The highest BCUT2D eigenvalue weighted by Crippen LogP contribution is 2.38. The van der Waals surface area contributed by atoms with Crippen molar-refractivity contribution in [1.29, 1.82) is 0 Å². The molecule has 0 atom stereocenters. The van der Waals surface area contributed by atoms with E-state index in [9.17, 15) is 4.79 Å². The summed E-state index contributed by atoms with van der Waals surface area (Å²) in [4.78, 5) is 16.9. The molecule has 0 radical (unpaired) electrons. The number of aromatic nitrogens is 2. The maximum absolute atomic E-state index is 12.5. The second kappa shape index (κ2) is 5.12. The van der Waals surface area contributed by atoms with Crippen molar-refractivity contribution in [3.05, 3.63) is 52.9 Å². The summed E-state index contributed by atoms with van der Waals surface area (Å²) >= 11 is 0. The van der Waals surface area contributed by atoms with E-state index in [0.29, 0.717) is 17.2 Å². The molecule has 1 aliphatic rings. The van der Waals surface area contributed by atoms with Gasteiger partial charge in [0.05, 0.1) is 11.2 Å². The van der Waals surface area contributed by atoms with Gasteiger partial charge in [-0.1, -0.05) is 30.3 Å². The highest BCUT2D eigenvalue weighted by atomic mass is 16.7. The lowest BCUT2D eigenvalue weighted by atomic mass is 10.1.